The average molecular weight is 388 g/mol. The number of imidazole rings is 1. The molecule has 0 radical (unpaired) electrons. The highest BCUT2D eigenvalue weighted by Gasteiger charge is 2.32. The third-order valence-corrected chi connectivity index (χ3v) is 3.67. The number of aromatic nitrogens is 3. The zero-order chi connectivity index (χ0) is 20.0. The Morgan fingerprint density at radius 1 is 1.00 bits per heavy atom. The van der Waals surface area contributed by atoms with E-state index in [0.29, 0.717) is 6.20 Å². The number of amides is 1. The molecule has 0 fully saturated rings. The number of carbonyl (C=O) groups is 1. The van der Waals surface area contributed by atoms with Crippen molar-refractivity contribution in [3.05, 3.63) is 59.2 Å². The van der Waals surface area contributed by atoms with Crippen molar-refractivity contribution in [1.29, 1.82) is 0 Å². The average Bonchev–Trinajstić information content (AvgIpc) is 2.88. The van der Waals surface area contributed by atoms with E-state index in [2.05, 4.69) is 15.3 Å². The maximum atomic E-state index is 12.9. The molecule has 0 aromatic carbocycles. The first kappa shape index (κ1) is 18.7. The molecule has 3 heterocycles. The lowest BCUT2D eigenvalue weighted by Gasteiger charge is -2.10. The number of pyridine rings is 2. The van der Waals surface area contributed by atoms with Gasteiger partial charge in [0.1, 0.15) is 17.2 Å². The van der Waals surface area contributed by atoms with Crippen LogP contribution < -0.4 is 5.32 Å². The van der Waals surface area contributed by atoms with Crippen molar-refractivity contribution in [3.8, 4) is 0 Å². The molecule has 0 unspecified atom stereocenters. The van der Waals surface area contributed by atoms with Crippen LogP contribution in [0, 0.1) is 6.92 Å². The van der Waals surface area contributed by atoms with Crippen molar-refractivity contribution < 1.29 is 31.1 Å². The zero-order valence-electron chi connectivity index (χ0n) is 13.5. The Labute approximate surface area is 147 Å². The van der Waals surface area contributed by atoms with E-state index >= 15 is 0 Å². The van der Waals surface area contributed by atoms with Crippen LogP contribution in [-0.2, 0) is 12.4 Å². The summed E-state index contributed by atoms with van der Waals surface area (Å²) in [5.41, 5.74) is -1.89. The first-order chi connectivity index (χ1) is 12.5. The van der Waals surface area contributed by atoms with Gasteiger partial charge in [0.15, 0.2) is 0 Å². The predicted octanol–water partition coefficient (Wildman–Crippen LogP) is 4.33. The van der Waals surface area contributed by atoms with Gasteiger partial charge in [-0.1, -0.05) is 0 Å². The largest absolute Gasteiger partial charge is 0.417 e. The van der Waals surface area contributed by atoms with Crippen molar-refractivity contribution in [2.75, 3.05) is 5.32 Å². The van der Waals surface area contributed by atoms with Crippen LogP contribution in [0.1, 0.15) is 27.3 Å². The Bertz CT molecular complexity index is 1000. The maximum Gasteiger partial charge on any atom is 0.417 e. The SMILES string of the molecule is Cc1nc2ccc(C(F)(F)F)cn2c1C(=O)Nc1ccc(C(F)(F)F)cn1. The molecule has 11 heteroatoms. The maximum absolute atomic E-state index is 12.9. The van der Waals surface area contributed by atoms with Gasteiger partial charge in [-0.05, 0) is 31.2 Å². The van der Waals surface area contributed by atoms with Crippen molar-refractivity contribution >= 4 is 17.4 Å². The Morgan fingerprint density at radius 2 is 1.63 bits per heavy atom. The normalized spacial score (nSPS) is 12.4. The van der Waals surface area contributed by atoms with E-state index in [0.717, 1.165) is 34.9 Å². The highest BCUT2D eigenvalue weighted by atomic mass is 19.4. The lowest BCUT2D eigenvalue weighted by Crippen LogP contribution is -2.17. The van der Waals surface area contributed by atoms with E-state index in [1.54, 1.807) is 0 Å². The summed E-state index contributed by atoms with van der Waals surface area (Å²) in [6.45, 7) is 1.43. The Balaban J connectivity index is 1.94. The molecule has 0 spiro atoms. The number of hydrogen-bond acceptors (Lipinski definition) is 3. The number of aryl methyl sites for hydroxylation is 1. The number of anilines is 1. The van der Waals surface area contributed by atoms with Crippen LogP contribution in [0.25, 0.3) is 5.65 Å². The second-order valence-corrected chi connectivity index (χ2v) is 5.57. The fraction of sp³-hybridized carbons (Fsp3) is 0.188. The zero-order valence-corrected chi connectivity index (χ0v) is 13.5. The van der Waals surface area contributed by atoms with E-state index in [-0.39, 0.29) is 22.9 Å². The third-order valence-electron chi connectivity index (χ3n) is 3.67. The summed E-state index contributed by atoms with van der Waals surface area (Å²) in [6, 6.07) is 3.62. The molecule has 1 amide bonds. The van der Waals surface area contributed by atoms with Crippen molar-refractivity contribution in [2.45, 2.75) is 19.3 Å². The molecule has 5 nitrogen and oxygen atoms in total. The number of carbonyl (C=O) groups excluding carboxylic acids is 1. The topological polar surface area (TPSA) is 59.3 Å². The van der Waals surface area contributed by atoms with Gasteiger partial charge in [-0.25, -0.2) is 9.97 Å². The van der Waals surface area contributed by atoms with Gasteiger partial charge in [-0.2, -0.15) is 26.3 Å². The van der Waals surface area contributed by atoms with Gasteiger partial charge in [0.25, 0.3) is 5.91 Å². The fourth-order valence-electron chi connectivity index (χ4n) is 2.41. The number of rotatable bonds is 2. The number of nitrogens with one attached hydrogen (secondary N) is 1. The number of hydrogen-bond donors (Lipinski definition) is 1. The first-order valence-electron chi connectivity index (χ1n) is 7.37. The Hall–Kier alpha value is -3.11. The summed E-state index contributed by atoms with van der Waals surface area (Å²) in [5, 5.41) is 2.25. The van der Waals surface area contributed by atoms with Gasteiger partial charge in [-0.3, -0.25) is 9.20 Å². The third kappa shape index (κ3) is 3.71. The molecule has 0 bridgehead atoms. The van der Waals surface area contributed by atoms with Gasteiger partial charge < -0.3 is 5.32 Å². The molecule has 142 valence electrons. The van der Waals surface area contributed by atoms with Crippen LogP contribution in [0.15, 0.2) is 36.7 Å². The highest BCUT2D eigenvalue weighted by molar-refractivity contribution is 6.04. The monoisotopic (exact) mass is 388 g/mol. The van der Waals surface area contributed by atoms with E-state index in [1.165, 1.54) is 6.92 Å². The molecule has 3 rings (SSSR count). The second kappa shape index (κ2) is 6.25. The van der Waals surface area contributed by atoms with Gasteiger partial charge in [0, 0.05) is 12.4 Å². The minimum absolute atomic E-state index is 0.117. The standard InChI is InChI=1S/C16H10F6N4O/c1-8-13(26-7-10(16(20,21)22)3-5-12(26)24-8)14(27)25-11-4-2-9(6-23-11)15(17,18)19/h2-7H,1H3,(H,23,25,27). The van der Waals surface area contributed by atoms with E-state index in [9.17, 15) is 31.1 Å². The molecule has 0 aliphatic heterocycles. The molecule has 3 aromatic heterocycles. The summed E-state index contributed by atoms with van der Waals surface area (Å²) in [6.07, 6.45) is -7.93. The van der Waals surface area contributed by atoms with E-state index in [1.807, 2.05) is 0 Å². The molecule has 0 saturated heterocycles. The van der Waals surface area contributed by atoms with Crippen LogP contribution in [-0.4, -0.2) is 20.3 Å². The molecule has 0 saturated carbocycles. The lowest BCUT2D eigenvalue weighted by atomic mass is 10.2. The van der Waals surface area contributed by atoms with Crippen LogP contribution >= 0.6 is 0 Å². The van der Waals surface area contributed by atoms with Gasteiger partial charge in [-0.15, -0.1) is 0 Å². The fourth-order valence-corrected chi connectivity index (χ4v) is 2.41. The van der Waals surface area contributed by atoms with Gasteiger partial charge in [0.2, 0.25) is 0 Å². The smallest absolute Gasteiger partial charge is 0.305 e. The molecular formula is C16H10F6N4O. The number of fused-ring (bicyclic) bond motifs is 1. The van der Waals surface area contributed by atoms with Gasteiger partial charge in [0.05, 0.1) is 16.8 Å². The summed E-state index contributed by atoms with van der Waals surface area (Å²) < 4.78 is 77.3. The van der Waals surface area contributed by atoms with Crippen LogP contribution in [0.3, 0.4) is 0 Å². The molecular weight excluding hydrogens is 378 g/mol. The summed E-state index contributed by atoms with van der Waals surface area (Å²) in [7, 11) is 0. The molecule has 0 aliphatic carbocycles. The molecule has 0 atom stereocenters. The molecule has 0 aliphatic rings. The van der Waals surface area contributed by atoms with E-state index < -0.39 is 29.4 Å². The number of alkyl halides is 6. The van der Waals surface area contributed by atoms with Crippen LogP contribution in [0.4, 0.5) is 32.2 Å². The molecule has 1 N–H and O–H groups in total. The minimum Gasteiger partial charge on any atom is -0.305 e. The Kier molecular flexibility index (Phi) is 4.32. The molecule has 3 aromatic rings. The van der Waals surface area contributed by atoms with Gasteiger partial charge >= 0.3 is 12.4 Å². The van der Waals surface area contributed by atoms with E-state index in [4.69, 9.17) is 0 Å². The molecule has 27 heavy (non-hydrogen) atoms. The predicted molar refractivity (Wildman–Crippen MR) is 82.1 cm³/mol. The lowest BCUT2D eigenvalue weighted by molar-refractivity contribution is -0.138. The number of halogens is 6. The highest BCUT2D eigenvalue weighted by Crippen LogP contribution is 2.30. The minimum atomic E-state index is -4.62. The van der Waals surface area contributed by atoms with Crippen molar-refractivity contribution in [1.82, 2.24) is 14.4 Å². The summed E-state index contributed by atoms with van der Waals surface area (Å²) >= 11 is 0. The first-order valence-corrected chi connectivity index (χ1v) is 7.37. The summed E-state index contributed by atoms with van der Waals surface area (Å²) in [5.74, 6) is -1.04. The quantitative estimate of drug-likeness (QED) is 0.665. The van der Waals surface area contributed by atoms with Crippen molar-refractivity contribution in [2.24, 2.45) is 0 Å². The van der Waals surface area contributed by atoms with Crippen LogP contribution in [0.5, 0.6) is 0 Å². The summed E-state index contributed by atoms with van der Waals surface area (Å²) in [4.78, 5) is 19.9. The number of nitrogens with zero attached hydrogens (tertiary/aromatic N) is 3. The van der Waals surface area contributed by atoms with Crippen LogP contribution in [0.2, 0.25) is 0 Å². The Morgan fingerprint density at radius 3 is 2.19 bits per heavy atom. The second-order valence-electron chi connectivity index (χ2n) is 5.57. The van der Waals surface area contributed by atoms with Crippen molar-refractivity contribution in [3.63, 3.8) is 0 Å².